The number of nitrogens with one attached hydrogen (secondary N) is 4. The van der Waals surface area contributed by atoms with Gasteiger partial charge in [0.15, 0.2) is 0 Å². The van der Waals surface area contributed by atoms with Crippen LogP contribution < -0.4 is 10.9 Å². The lowest BCUT2D eigenvalue weighted by atomic mass is 10.1. The van der Waals surface area contributed by atoms with Crippen molar-refractivity contribution in [3.8, 4) is 11.4 Å². The van der Waals surface area contributed by atoms with Crippen LogP contribution in [0.4, 0.5) is 5.69 Å². The summed E-state index contributed by atoms with van der Waals surface area (Å²) in [6.07, 6.45) is 2.56. The van der Waals surface area contributed by atoms with Crippen molar-refractivity contribution < 1.29 is 5.11 Å². The maximum absolute atomic E-state index is 12.6. The predicted molar refractivity (Wildman–Crippen MR) is 119 cm³/mol. The molecule has 5 rings (SSSR count). The molecule has 0 radical (unpaired) electrons. The number of halogens is 1. The van der Waals surface area contributed by atoms with Gasteiger partial charge in [-0.15, -0.1) is 0 Å². The minimum absolute atomic E-state index is 0.238. The SMILES string of the molecule is O=c1[nH]ccc(NCC(O)c2cccc(Br)c2)c1-c1nc2cc3cn[nH]c3cc2[nH]1. The zero-order chi connectivity index (χ0) is 20.7. The Balaban J connectivity index is 1.49. The average molecular weight is 465 g/mol. The van der Waals surface area contributed by atoms with Crippen LogP contribution in [0.5, 0.6) is 0 Å². The summed E-state index contributed by atoms with van der Waals surface area (Å²) in [6.45, 7) is 0.238. The number of aliphatic hydroxyl groups is 1. The van der Waals surface area contributed by atoms with Crippen molar-refractivity contribution >= 4 is 43.6 Å². The molecule has 5 N–H and O–H groups in total. The molecule has 0 fully saturated rings. The van der Waals surface area contributed by atoms with Crippen LogP contribution >= 0.6 is 15.9 Å². The number of hydrogen-bond donors (Lipinski definition) is 5. The van der Waals surface area contributed by atoms with Gasteiger partial charge in [-0.05, 0) is 35.9 Å². The molecule has 3 aromatic heterocycles. The molecule has 150 valence electrons. The number of aromatic amines is 3. The molecule has 3 heterocycles. The molecular formula is C21H17BrN6O2. The van der Waals surface area contributed by atoms with Crippen molar-refractivity contribution in [2.75, 3.05) is 11.9 Å². The van der Waals surface area contributed by atoms with Crippen LogP contribution in [0.3, 0.4) is 0 Å². The lowest BCUT2D eigenvalue weighted by Gasteiger charge is -2.15. The van der Waals surface area contributed by atoms with Crippen molar-refractivity contribution in [3.63, 3.8) is 0 Å². The van der Waals surface area contributed by atoms with Crippen molar-refractivity contribution in [3.05, 3.63) is 75.2 Å². The third kappa shape index (κ3) is 3.38. The number of aromatic nitrogens is 5. The van der Waals surface area contributed by atoms with E-state index in [2.05, 4.69) is 46.4 Å². The normalized spacial score (nSPS) is 12.5. The number of pyridine rings is 1. The molecule has 0 amide bonds. The number of rotatable bonds is 5. The number of nitrogens with zero attached hydrogens (tertiary/aromatic N) is 2. The molecule has 0 saturated heterocycles. The molecule has 1 unspecified atom stereocenters. The Bertz CT molecular complexity index is 1370. The summed E-state index contributed by atoms with van der Waals surface area (Å²) in [5, 5.41) is 21.6. The summed E-state index contributed by atoms with van der Waals surface area (Å²) < 4.78 is 0.893. The van der Waals surface area contributed by atoms with E-state index in [1.54, 1.807) is 18.5 Å². The lowest BCUT2D eigenvalue weighted by Crippen LogP contribution is -2.17. The highest BCUT2D eigenvalue weighted by Crippen LogP contribution is 2.27. The van der Waals surface area contributed by atoms with Crippen molar-refractivity contribution in [2.45, 2.75) is 6.10 Å². The van der Waals surface area contributed by atoms with E-state index in [9.17, 15) is 9.90 Å². The van der Waals surface area contributed by atoms with E-state index in [1.807, 2.05) is 36.4 Å². The zero-order valence-electron chi connectivity index (χ0n) is 15.6. The first-order valence-electron chi connectivity index (χ1n) is 9.31. The summed E-state index contributed by atoms with van der Waals surface area (Å²) in [5.74, 6) is 0.451. The Kier molecular flexibility index (Phi) is 4.61. The van der Waals surface area contributed by atoms with E-state index in [0.717, 1.165) is 32.0 Å². The minimum atomic E-state index is -0.737. The van der Waals surface area contributed by atoms with E-state index in [1.165, 1.54) is 0 Å². The van der Waals surface area contributed by atoms with Gasteiger partial charge in [0.25, 0.3) is 5.56 Å². The van der Waals surface area contributed by atoms with Gasteiger partial charge in [-0.1, -0.05) is 28.1 Å². The third-order valence-electron chi connectivity index (χ3n) is 4.96. The summed E-state index contributed by atoms with van der Waals surface area (Å²) in [6, 6.07) is 13.1. The first-order chi connectivity index (χ1) is 14.6. The Labute approximate surface area is 178 Å². The quantitative estimate of drug-likeness (QED) is 0.271. The van der Waals surface area contributed by atoms with Gasteiger partial charge in [0, 0.05) is 22.6 Å². The number of benzene rings is 2. The second-order valence-electron chi connectivity index (χ2n) is 6.96. The highest BCUT2D eigenvalue weighted by Gasteiger charge is 2.16. The van der Waals surface area contributed by atoms with E-state index < -0.39 is 6.10 Å². The molecule has 0 bridgehead atoms. The topological polar surface area (TPSA) is 122 Å². The van der Waals surface area contributed by atoms with E-state index in [0.29, 0.717) is 17.1 Å². The molecule has 0 spiro atoms. The zero-order valence-corrected chi connectivity index (χ0v) is 17.2. The Hall–Kier alpha value is -3.43. The fourth-order valence-corrected chi connectivity index (χ4v) is 3.88. The summed E-state index contributed by atoms with van der Waals surface area (Å²) in [7, 11) is 0. The van der Waals surface area contributed by atoms with Crippen LogP contribution in [0.15, 0.2) is 64.1 Å². The standard InChI is InChI=1S/C21H17BrN6O2/c22-13-3-1-2-11(6-13)18(29)10-24-14-4-5-23-21(30)19(14)20-26-16-7-12-9-25-28-15(12)8-17(16)27-20/h1-9,18,29H,10H2,(H,25,28)(H,26,27)(H2,23,24,30). The maximum Gasteiger partial charge on any atom is 0.261 e. The minimum Gasteiger partial charge on any atom is -0.387 e. The molecule has 9 heteroatoms. The maximum atomic E-state index is 12.6. The molecule has 0 saturated carbocycles. The van der Waals surface area contributed by atoms with Crippen LogP contribution in [0.25, 0.3) is 33.3 Å². The second kappa shape index (κ2) is 7.43. The molecule has 0 aliphatic heterocycles. The first kappa shape index (κ1) is 18.6. The number of aliphatic hydroxyl groups excluding tert-OH is 1. The Morgan fingerprint density at radius 1 is 1.17 bits per heavy atom. The largest absolute Gasteiger partial charge is 0.387 e. The van der Waals surface area contributed by atoms with Gasteiger partial charge in [-0.3, -0.25) is 9.89 Å². The molecule has 8 nitrogen and oxygen atoms in total. The molecular weight excluding hydrogens is 448 g/mol. The van der Waals surface area contributed by atoms with Gasteiger partial charge in [-0.25, -0.2) is 4.98 Å². The van der Waals surface area contributed by atoms with E-state index >= 15 is 0 Å². The third-order valence-corrected chi connectivity index (χ3v) is 5.45. The molecule has 1 atom stereocenters. The highest BCUT2D eigenvalue weighted by atomic mass is 79.9. The molecule has 0 aliphatic rings. The van der Waals surface area contributed by atoms with E-state index in [4.69, 9.17) is 0 Å². The van der Waals surface area contributed by atoms with Gasteiger partial charge in [-0.2, -0.15) is 5.10 Å². The van der Waals surface area contributed by atoms with Gasteiger partial charge < -0.3 is 20.4 Å². The van der Waals surface area contributed by atoms with Crippen molar-refractivity contribution in [1.29, 1.82) is 0 Å². The number of anilines is 1. The van der Waals surface area contributed by atoms with Crippen LogP contribution in [0.2, 0.25) is 0 Å². The van der Waals surface area contributed by atoms with Gasteiger partial charge in [0.05, 0.1) is 34.5 Å². The van der Waals surface area contributed by atoms with Crippen LogP contribution in [0, 0.1) is 0 Å². The molecule has 2 aromatic carbocycles. The molecule has 30 heavy (non-hydrogen) atoms. The van der Waals surface area contributed by atoms with Crippen molar-refractivity contribution in [1.82, 2.24) is 25.1 Å². The average Bonchev–Trinajstić information content (AvgIpc) is 3.35. The van der Waals surface area contributed by atoms with Crippen molar-refractivity contribution in [2.24, 2.45) is 0 Å². The Morgan fingerprint density at radius 3 is 2.93 bits per heavy atom. The molecule has 0 aliphatic carbocycles. The first-order valence-corrected chi connectivity index (χ1v) is 10.1. The van der Waals surface area contributed by atoms with Crippen LogP contribution in [0.1, 0.15) is 11.7 Å². The van der Waals surface area contributed by atoms with Gasteiger partial charge in [0.2, 0.25) is 0 Å². The fraction of sp³-hybridized carbons (Fsp3) is 0.0952. The van der Waals surface area contributed by atoms with Gasteiger partial charge in [0.1, 0.15) is 11.4 Å². The van der Waals surface area contributed by atoms with E-state index in [-0.39, 0.29) is 12.1 Å². The number of imidazole rings is 1. The van der Waals surface area contributed by atoms with Crippen LogP contribution in [-0.4, -0.2) is 36.8 Å². The smallest absolute Gasteiger partial charge is 0.261 e. The fourth-order valence-electron chi connectivity index (χ4n) is 3.47. The summed E-state index contributed by atoms with van der Waals surface area (Å²) in [4.78, 5) is 23.1. The summed E-state index contributed by atoms with van der Waals surface area (Å²) >= 11 is 3.41. The predicted octanol–water partition coefficient (Wildman–Crippen LogP) is 3.70. The summed E-state index contributed by atoms with van der Waals surface area (Å²) in [5.41, 5.74) is 3.89. The Morgan fingerprint density at radius 2 is 2.07 bits per heavy atom. The second-order valence-corrected chi connectivity index (χ2v) is 7.87. The number of H-pyrrole nitrogens is 3. The van der Waals surface area contributed by atoms with Gasteiger partial charge >= 0.3 is 0 Å². The number of hydrogen-bond acceptors (Lipinski definition) is 5. The monoisotopic (exact) mass is 464 g/mol. The number of fused-ring (bicyclic) bond motifs is 2. The molecule has 5 aromatic rings. The van der Waals surface area contributed by atoms with Crippen LogP contribution in [-0.2, 0) is 0 Å². The lowest BCUT2D eigenvalue weighted by molar-refractivity contribution is 0.191. The highest BCUT2D eigenvalue weighted by molar-refractivity contribution is 9.10.